The van der Waals surface area contributed by atoms with Crippen LogP contribution in [-0.2, 0) is 6.54 Å². The van der Waals surface area contributed by atoms with Gasteiger partial charge >= 0.3 is 6.18 Å². The Morgan fingerprint density at radius 3 is 2.45 bits per heavy atom. The fraction of sp³-hybridized carbons (Fsp3) is 0.500. The molecular formula is C12H14Cl2F4N2. The van der Waals surface area contributed by atoms with E-state index in [4.69, 9.17) is 23.2 Å². The fourth-order valence-electron chi connectivity index (χ4n) is 1.70. The molecule has 0 bridgehead atoms. The van der Waals surface area contributed by atoms with Crippen LogP contribution >= 0.6 is 23.2 Å². The third-order valence-corrected chi connectivity index (χ3v) is 3.04. The quantitative estimate of drug-likeness (QED) is 0.631. The highest BCUT2D eigenvalue weighted by Gasteiger charge is 2.30. The first-order valence-electron chi connectivity index (χ1n) is 5.80. The van der Waals surface area contributed by atoms with Gasteiger partial charge in [0.1, 0.15) is 5.82 Å². The van der Waals surface area contributed by atoms with Gasteiger partial charge in [-0.15, -0.1) is 0 Å². The third-order valence-electron chi connectivity index (χ3n) is 2.54. The molecule has 0 aliphatic carbocycles. The Balaban J connectivity index is 2.88. The Hall–Kier alpha value is -0.560. The summed E-state index contributed by atoms with van der Waals surface area (Å²) in [7, 11) is 1.63. The molecule has 0 fully saturated rings. The lowest BCUT2D eigenvalue weighted by Crippen LogP contribution is -2.37. The molecule has 0 heterocycles. The Kier molecular flexibility index (Phi) is 6.51. The van der Waals surface area contributed by atoms with Crippen LogP contribution in [0.3, 0.4) is 0 Å². The summed E-state index contributed by atoms with van der Waals surface area (Å²) in [6, 6.07) is 2.50. The van der Waals surface area contributed by atoms with E-state index >= 15 is 0 Å². The summed E-state index contributed by atoms with van der Waals surface area (Å²) in [6.07, 6.45) is -4.35. The molecule has 0 amide bonds. The summed E-state index contributed by atoms with van der Waals surface area (Å²) < 4.78 is 51.2. The molecule has 0 saturated heterocycles. The van der Waals surface area contributed by atoms with Gasteiger partial charge in [0.2, 0.25) is 0 Å². The molecule has 1 N–H and O–H groups in total. The van der Waals surface area contributed by atoms with E-state index in [1.54, 1.807) is 7.05 Å². The number of rotatable bonds is 6. The molecule has 0 aliphatic rings. The van der Waals surface area contributed by atoms with Crippen molar-refractivity contribution in [2.75, 3.05) is 26.7 Å². The van der Waals surface area contributed by atoms with Crippen LogP contribution in [0, 0.1) is 5.82 Å². The predicted octanol–water partition coefficient (Wildman–Crippen LogP) is 3.72. The van der Waals surface area contributed by atoms with E-state index in [1.165, 1.54) is 12.1 Å². The summed E-state index contributed by atoms with van der Waals surface area (Å²) in [5, 5.41) is 2.74. The van der Waals surface area contributed by atoms with E-state index in [0.29, 0.717) is 6.54 Å². The van der Waals surface area contributed by atoms with Crippen LogP contribution in [0.25, 0.3) is 0 Å². The summed E-state index contributed by atoms with van der Waals surface area (Å²) in [5.74, 6) is -0.743. The number of halogens is 6. The van der Waals surface area contributed by atoms with Gasteiger partial charge in [-0.05, 0) is 19.2 Å². The number of hydrogen-bond acceptors (Lipinski definition) is 2. The maximum Gasteiger partial charge on any atom is 0.401 e. The molecule has 1 aromatic rings. The van der Waals surface area contributed by atoms with E-state index in [-0.39, 0.29) is 28.7 Å². The highest BCUT2D eigenvalue weighted by Crippen LogP contribution is 2.26. The SMILES string of the molecule is CNCCN(Cc1cc(Cl)cc(Cl)c1F)CC(F)(F)F. The van der Waals surface area contributed by atoms with Crippen molar-refractivity contribution in [2.45, 2.75) is 12.7 Å². The molecule has 0 atom stereocenters. The van der Waals surface area contributed by atoms with E-state index in [1.807, 2.05) is 0 Å². The van der Waals surface area contributed by atoms with Crippen LogP contribution in [0.4, 0.5) is 17.6 Å². The average molecular weight is 333 g/mol. The number of nitrogens with one attached hydrogen (secondary N) is 1. The molecule has 114 valence electrons. The monoisotopic (exact) mass is 332 g/mol. The molecule has 2 nitrogen and oxygen atoms in total. The molecule has 0 unspecified atom stereocenters. The predicted molar refractivity (Wildman–Crippen MR) is 71.7 cm³/mol. The lowest BCUT2D eigenvalue weighted by atomic mass is 10.2. The molecule has 0 saturated carbocycles. The highest BCUT2D eigenvalue weighted by molar-refractivity contribution is 6.34. The second-order valence-corrected chi connectivity index (χ2v) is 5.13. The standard InChI is InChI=1S/C12H14Cl2F4N2/c1-19-2-3-20(7-12(16,17)18)6-8-4-9(13)5-10(14)11(8)15/h4-5,19H,2-3,6-7H2,1H3. The smallest absolute Gasteiger partial charge is 0.318 e. The van der Waals surface area contributed by atoms with Crippen LogP contribution < -0.4 is 5.32 Å². The van der Waals surface area contributed by atoms with Gasteiger partial charge in [0.15, 0.2) is 0 Å². The third kappa shape index (κ3) is 5.83. The zero-order valence-corrected chi connectivity index (χ0v) is 12.2. The first kappa shape index (κ1) is 17.5. The molecule has 0 aromatic heterocycles. The van der Waals surface area contributed by atoms with Crippen LogP contribution in [0.1, 0.15) is 5.56 Å². The topological polar surface area (TPSA) is 15.3 Å². The van der Waals surface area contributed by atoms with Crippen LogP contribution in [0.5, 0.6) is 0 Å². The molecular weight excluding hydrogens is 319 g/mol. The molecule has 20 heavy (non-hydrogen) atoms. The van der Waals surface area contributed by atoms with Gasteiger partial charge in [0.05, 0.1) is 11.6 Å². The Morgan fingerprint density at radius 1 is 1.25 bits per heavy atom. The summed E-state index contributed by atoms with van der Waals surface area (Å²) in [4.78, 5) is 1.08. The van der Waals surface area contributed by atoms with Gasteiger partial charge in [-0.2, -0.15) is 13.2 Å². The highest BCUT2D eigenvalue weighted by atomic mass is 35.5. The number of alkyl halides is 3. The number of likely N-dealkylation sites (N-methyl/N-ethyl adjacent to an activating group) is 1. The zero-order chi connectivity index (χ0) is 15.3. The number of nitrogens with zero attached hydrogens (tertiary/aromatic N) is 1. The molecule has 8 heteroatoms. The van der Waals surface area contributed by atoms with Gasteiger partial charge in [-0.3, -0.25) is 4.90 Å². The molecule has 0 aliphatic heterocycles. The van der Waals surface area contributed by atoms with Gasteiger partial charge < -0.3 is 5.32 Å². The lowest BCUT2D eigenvalue weighted by molar-refractivity contribution is -0.147. The first-order chi connectivity index (χ1) is 9.23. The molecule has 0 radical (unpaired) electrons. The van der Waals surface area contributed by atoms with Crippen LogP contribution in [0.15, 0.2) is 12.1 Å². The molecule has 1 rings (SSSR count). The fourth-order valence-corrected chi connectivity index (χ4v) is 2.24. The second kappa shape index (κ2) is 7.45. The zero-order valence-electron chi connectivity index (χ0n) is 10.7. The maximum absolute atomic E-state index is 13.8. The minimum Gasteiger partial charge on any atom is -0.318 e. The molecule has 0 spiro atoms. The Labute approximate surface area is 124 Å². The molecule has 1 aromatic carbocycles. The van der Waals surface area contributed by atoms with Crippen molar-refractivity contribution in [3.63, 3.8) is 0 Å². The Bertz CT molecular complexity index is 452. The summed E-state index contributed by atoms with van der Waals surface area (Å²) in [5.41, 5.74) is 0.0443. The van der Waals surface area contributed by atoms with Crippen molar-refractivity contribution in [3.8, 4) is 0 Å². The minimum absolute atomic E-state index is 0.0443. The van der Waals surface area contributed by atoms with Crippen molar-refractivity contribution >= 4 is 23.2 Å². The average Bonchev–Trinajstić information content (AvgIpc) is 2.30. The van der Waals surface area contributed by atoms with Crippen molar-refractivity contribution in [3.05, 3.63) is 33.6 Å². The lowest BCUT2D eigenvalue weighted by Gasteiger charge is -2.24. The van der Waals surface area contributed by atoms with Gasteiger partial charge in [-0.25, -0.2) is 4.39 Å². The largest absolute Gasteiger partial charge is 0.401 e. The van der Waals surface area contributed by atoms with E-state index in [0.717, 1.165) is 4.90 Å². The number of hydrogen-bond donors (Lipinski definition) is 1. The van der Waals surface area contributed by atoms with E-state index in [2.05, 4.69) is 5.32 Å². The van der Waals surface area contributed by atoms with Crippen molar-refractivity contribution < 1.29 is 17.6 Å². The normalized spacial score (nSPS) is 12.2. The van der Waals surface area contributed by atoms with Crippen molar-refractivity contribution in [1.29, 1.82) is 0 Å². The second-order valence-electron chi connectivity index (χ2n) is 4.29. The van der Waals surface area contributed by atoms with Gasteiger partial charge in [-0.1, -0.05) is 23.2 Å². The van der Waals surface area contributed by atoms with E-state index < -0.39 is 18.5 Å². The van der Waals surface area contributed by atoms with Gasteiger partial charge in [0, 0.05) is 30.2 Å². The first-order valence-corrected chi connectivity index (χ1v) is 6.55. The van der Waals surface area contributed by atoms with Crippen molar-refractivity contribution in [2.24, 2.45) is 0 Å². The van der Waals surface area contributed by atoms with Gasteiger partial charge in [0.25, 0.3) is 0 Å². The number of benzene rings is 1. The Morgan fingerprint density at radius 2 is 1.90 bits per heavy atom. The summed E-state index contributed by atoms with van der Waals surface area (Å²) >= 11 is 11.4. The maximum atomic E-state index is 13.8. The van der Waals surface area contributed by atoms with Crippen LogP contribution in [-0.4, -0.2) is 37.8 Å². The van der Waals surface area contributed by atoms with Crippen molar-refractivity contribution in [1.82, 2.24) is 10.2 Å². The van der Waals surface area contributed by atoms with E-state index in [9.17, 15) is 17.6 Å². The van der Waals surface area contributed by atoms with Crippen LogP contribution in [0.2, 0.25) is 10.0 Å². The summed E-state index contributed by atoms with van der Waals surface area (Å²) in [6.45, 7) is -0.864. The minimum atomic E-state index is -4.35.